The number of nitrogens with zero attached hydrogens (tertiary/aromatic N) is 1. The van der Waals surface area contributed by atoms with Gasteiger partial charge in [0, 0.05) is 23.0 Å². The maximum Gasteiger partial charge on any atom is 0.323 e. The number of aryl methyl sites for hydroxylation is 1. The van der Waals surface area contributed by atoms with Crippen LogP contribution in [0.3, 0.4) is 0 Å². The first-order valence-electron chi connectivity index (χ1n) is 9.38. The molecule has 1 atom stereocenters. The van der Waals surface area contributed by atoms with Gasteiger partial charge in [-0.1, -0.05) is 48.0 Å². The van der Waals surface area contributed by atoms with E-state index in [1.807, 2.05) is 78.6 Å². The molecule has 0 radical (unpaired) electrons. The fourth-order valence-corrected chi connectivity index (χ4v) is 4.60. The number of thioether (sulfide) groups is 1. The van der Waals surface area contributed by atoms with E-state index in [4.69, 9.17) is 16.3 Å². The van der Waals surface area contributed by atoms with E-state index in [0.29, 0.717) is 17.3 Å². The van der Waals surface area contributed by atoms with Crippen LogP contribution in [0.4, 0.5) is 10.5 Å². The number of ether oxygens (including phenoxy) is 1. The first-order valence-corrected chi connectivity index (χ1v) is 10.8. The molecule has 29 heavy (non-hydrogen) atoms. The molecule has 6 heteroatoms. The van der Waals surface area contributed by atoms with E-state index >= 15 is 0 Å². The fraction of sp³-hybridized carbons (Fsp3) is 0.174. The van der Waals surface area contributed by atoms with Crippen LogP contribution in [0.1, 0.15) is 16.5 Å². The predicted octanol–water partition coefficient (Wildman–Crippen LogP) is 6.72. The summed E-state index contributed by atoms with van der Waals surface area (Å²) in [4.78, 5) is 14.7. The molecule has 1 heterocycles. The van der Waals surface area contributed by atoms with Crippen molar-refractivity contribution in [1.82, 2.24) is 4.90 Å². The first kappa shape index (κ1) is 19.7. The Balaban J connectivity index is 1.49. The van der Waals surface area contributed by atoms with Crippen molar-refractivity contribution in [3.63, 3.8) is 0 Å². The molecule has 0 aromatic heterocycles. The smallest absolute Gasteiger partial charge is 0.323 e. The molecule has 1 aliphatic heterocycles. The Kier molecular flexibility index (Phi) is 5.97. The van der Waals surface area contributed by atoms with Crippen LogP contribution in [-0.4, -0.2) is 23.2 Å². The van der Waals surface area contributed by atoms with Crippen LogP contribution in [0, 0.1) is 6.92 Å². The lowest BCUT2D eigenvalue weighted by Crippen LogP contribution is -2.34. The van der Waals surface area contributed by atoms with Crippen molar-refractivity contribution in [1.29, 1.82) is 0 Å². The lowest BCUT2D eigenvalue weighted by atomic mass is 10.2. The number of amides is 2. The van der Waals surface area contributed by atoms with Gasteiger partial charge >= 0.3 is 6.03 Å². The standard InChI is InChI=1S/C23H21ClN2O2S/c1-16-10-11-18(15-21(16)24)25-23(27)26-12-13-29-22(26)17-6-5-9-20(14-17)28-19-7-3-2-4-8-19/h2-11,14-15,22H,12-13H2,1H3,(H,25,27). The van der Waals surface area contributed by atoms with Gasteiger partial charge in [-0.25, -0.2) is 4.79 Å². The number of benzene rings is 3. The fourth-order valence-electron chi connectivity index (χ4n) is 3.18. The van der Waals surface area contributed by atoms with Crippen molar-refractivity contribution in [3.8, 4) is 11.5 Å². The number of hydrogen-bond donors (Lipinski definition) is 1. The molecular weight excluding hydrogens is 404 g/mol. The Bertz CT molecular complexity index is 1010. The van der Waals surface area contributed by atoms with Gasteiger partial charge in [-0.2, -0.15) is 0 Å². The molecule has 1 unspecified atom stereocenters. The van der Waals surface area contributed by atoms with Gasteiger partial charge in [0.1, 0.15) is 16.9 Å². The normalized spacial score (nSPS) is 15.9. The molecule has 1 saturated heterocycles. The SMILES string of the molecule is Cc1ccc(NC(=O)N2CCSC2c2cccc(Oc3ccccc3)c2)cc1Cl. The van der Waals surface area contributed by atoms with Crippen molar-refractivity contribution in [3.05, 3.63) is 88.9 Å². The zero-order valence-electron chi connectivity index (χ0n) is 16.0. The second-order valence-corrected chi connectivity index (χ2v) is 8.39. The van der Waals surface area contributed by atoms with Gasteiger partial charge in [0.05, 0.1) is 0 Å². The summed E-state index contributed by atoms with van der Waals surface area (Å²) in [5, 5.41) is 3.54. The van der Waals surface area contributed by atoms with Crippen LogP contribution in [-0.2, 0) is 0 Å². The van der Waals surface area contributed by atoms with Crippen molar-refractivity contribution >= 4 is 35.1 Å². The predicted molar refractivity (Wildman–Crippen MR) is 120 cm³/mol. The largest absolute Gasteiger partial charge is 0.457 e. The summed E-state index contributed by atoms with van der Waals surface area (Å²) in [6.45, 7) is 2.62. The van der Waals surface area contributed by atoms with Crippen molar-refractivity contribution in [2.45, 2.75) is 12.3 Å². The molecule has 1 fully saturated rings. The minimum absolute atomic E-state index is 0.0600. The number of carbonyl (C=O) groups excluding carboxylic acids is 1. The molecule has 0 bridgehead atoms. The number of nitrogens with one attached hydrogen (secondary N) is 1. The van der Waals surface area contributed by atoms with Crippen LogP contribution < -0.4 is 10.1 Å². The maximum atomic E-state index is 12.9. The molecule has 0 saturated carbocycles. The molecule has 1 N–H and O–H groups in total. The number of urea groups is 1. The van der Waals surface area contributed by atoms with Gasteiger partial charge in [0.15, 0.2) is 0 Å². The van der Waals surface area contributed by atoms with E-state index < -0.39 is 0 Å². The molecular formula is C23H21ClN2O2S. The van der Waals surface area contributed by atoms with E-state index in [0.717, 1.165) is 28.4 Å². The maximum absolute atomic E-state index is 12.9. The number of hydrogen-bond acceptors (Lipinski definition) is 3. The summed E-state index contributed by atoms with van der Waals surface area (Å²) < 4.78 is 5.95. The highest BCUT2D eigenvalue weighted by Crippen LogP contribution is 2.39. The monoisotopic (exact) mass is 424 g/mol. The molecule has 4 rings (SSSR count). The quantitative estimate of drug-likeness (QED) is 0.505. The van der Waals surface area contributed by atoms with Gasteiger partial charge in [-0.15, -0.1) is 11.8 Å². The van der Waals surface area contributed by atoms with Gasteiger partial charge in [0.2, 0.25) is 0 Å². The van der Waals surface area contributed by atoms with Crippen LogP contribution >= 0.6 is 23.4 Å². The third-order valence-corrected chi connectivity index (χ3v) is 6.36. The molecule has 0 spiro atoms. The number of rotatable bonds is 4. The highest BCUT2D eigenvalue weighted by Gasteiger charge is 2.31. The zero-order valence-corrected chi connectivity index (χ0v) is 17.5. The third-order valence-electron chi connectivity index (χ3n) is 4.70. The highest BCUT2D eigenvalue weighted by atomic mass is 35.5. The topological polar surface area (TPSA) is 41.6 Å². The lowest BCUT2D eigenvalue weighted by molar-refractivity contribution is 0.214. The zero-order chi connectivity index (χ0) is 20.2. The van der Waals surface area contributed by atoms with Crippen LogP contribution in [0.15, 0.2) is 72.8 Å². The number of halogens is 1. The van der Waals surface area contributed by atoms with Crippen LogP contribution in [0.2, 0.25) is 5.02 Å². The van der Waals surface area contributed by atoms with Crippen LogP contribution in [0.25, 0.3) is 0 Å². The molecule has 4 nitrogen and oxygen atoms in total. The minimum Gasteiger partial charge on any atom is -0.457 e. The third kappa shape index (κ3) is 4.69. The van der Waals surface area contributed by atoms with Gasteiger partial charge < -0.3 is 15.0 Å². The molecule has 3 aromatic carbocycles. The van der Waals surface area contributed by atoms with E-state index in [9.17, 15) is 4.79 Å². The average molecular weight is 425 g/mol. The molecule has 3 aromatic rings. The van der Waals surface area contributed by atoms with E-state index in [-0.39, 0.29) is 11.4 Å². The molecule has 2 amide bonds. The highest BCUT2D eigenvalue weighted by molar-refractivity contribution is 7.99. The van der Waals surface area contributed by atoms with Crippen molar-refractivity contribution in [2.24, 2.45) is 0 Å². The molecule has 148 valence electrons. The number of para-hydroxylation sites is 1. The summed E-state index contributed by atoms with van der Waals surface area (Å²) in [5.41, 5.74) is 2.72. The average Bonchev–Trinajstić information content (AvgIpc) is 3.22. The van der Waals surface area contributed by atoms with E-state index in [1.54, 1.807) is 17.8 Å². The number of anilines is 1. The van der Waals surface area contributed by atoms with E-state index in [1.165, 1.54) is 0 Å². The Hall–Kier alpha value is -2.63. The van der Waals surface area contributed by atoms with Crippen molar-refractivity contribution in [2.75, 3.05) is 17.6 Å². The van der Waals surface area contributed by atoms with Crippen molar-refractivity contribution < 1.29 is 9.53 Å². The summed E-state index contributed by atoms with van der Waals surface area (Å²) in [5.74, 6) is 2.43. The van der Waals surface area contributed by atoms with Gasteiger partial charge in [-0.3, -0.25) is 0 Å². The summed E-state index contributed by atoms with van der Waals surface area (Å²) in [7, 11) is 0. The van der Waals surface area contributed by atoms with Gasteiger partial charge in [-0.05, 0) is 54.4 Å². The molecule has 0 aliphatic carbocycles. The first-order chi connectivity index (χ1) is 14.1. The number of carbonyl (C=O) groups is 1. The van der Waals surface area contributed by atoms with E-state index in [2.05, 4.69) is 5.32 Å². The van der Waals surface area contributed by atoms with Gasteiger partial charge in [0.25, 0.3) is 0 Å². The second-order valence-electron chi connectivity index (χ2n) is 6.80. The lowest BCUT2D eigenvalue weighted by Gasteiger charge is -2.25. The van der Waals surface area contributed by atoms with Crippen LogP contribution in [0.5, 0.6) is 11.5 Å². The second kappa shape index (κ2) is 8.80. The Labute approximate surface area is 179 Å². The minimum atomic E-state index is -0.130. The molecule has 1 aliphatic rings. The Morgan fingerprint density at radius 1 is 1.07 bits per heavy atom. The summed E-state index contributed by atoms with van der Waals surface area (Å²) in [6, 6.07) is 23.0. The Morgan fingerprint density at radius 3 is 2.66 bits per heavy atom. The summed E-state index contributed by atoms with van der Waals surface area (Å²) >= 11 is 7.93. The Morgan fingerprint density at radius 2 is 1.86 bits per heavy atom. The summed E-state index contributed by atoms with van der Waals surface area (Å²) in [6.07, 6.45) is 0.